The van der Waals surface area contributed by atoms with Crippen molar-refractivity contribution in [3.05, 3.63) is 136 Å². The summed E-state index contributed by atoms with van der Waals surface area (Å²) in [6.07, 6.45) is 4.52. The first-order valence-corrected chi connectivity index (χ1v) is 15.8. The first kappa shape index (κ1) is 31.4. The lowest BCUT2D eigenvalue weighted by molar-refractivity contribution is 0.0174. The van der Waals surface area contributed by atoms with E-state index in [-0.39, 0.29) is 23.2 Å². The largest absolute Gasteiger partial charge is 0.339 e. The van der Waals surface area contributed by atoms with Crippen molar-refractivity contribution < 1.29 is 18.0 Å². The van der Waals surface area contributed by atoms with Crippen molar-refractivity contribution in [2.45, 2.75) is 64.8 Å². The molecule has 4 nitrogen and oxygen atoms in total. The molecular formula is C39H38F3N3O. The van der Waals surface area contributed by atoms with Gasteiger partial charge in [-0.05, 0) is 85.7 Å². The molecule has 6 rings (SSSR count). The lowest BCUT2D eigenvalue weighted by Gasteiger charge is -2.32. The molecule has 1 aromatic heterocycles. The Morgan fingerprint density at radius 1 is 1.07 bits per heavy atom. The van der Waals surface area contributed by atoms with E-state index in [1.165, 1.54) is 6.07 Å². The summed E-state index contributed by atoms with van der Waals surface area (Å²) >= 11 is 0. The summed E-state index contributed by atoms with van der Waals surface area (Å²) in [5, 5.41) is 0. The highest BCUT2D eigenvalue weighted by molar-refractivity contribution is 5.95. The van der Waals surface area contributed by atoms with Gasteiger partial charge >= 0.3 is 0 Å². The molecule has 1 fully saturated rings. The predicted molar refractivity (Wildman–Crippen MR) is 178 cm³/mol. The molecule has 1 aliphatic heterocycles. The fraction of sp³-hybridized carbons (Fsp3) is 0.308. The minimum absolute atomic E-state index is 0.0260. The predicted octanol–water partition coefficient (Wildman–Crippen LogP) is 9.66. The number of nitrogens with zero attached hydrogens (tertiary/aromatic N) is 3. The molecule has 0 atom stereocenters. The van der Waals surface area contributed by atoms with E-state index in [9.17, 15) is 18.0 Å². The molecule has 1 amide bonds. The van der Waals surface area contributed by atoms with Gasteiger partial charge in [-0.15, -0.1) is 0 Å². The smallest absolute Gasteiger partial charge is 0.270 e. The highest BCUT2D eigenvalue weighted by atomic mass is 19.3. The van der Waals surface area contributed by atoms with Crippen LogP contribution in [0.2, 0.25) is 0 Å². The zero-order valence-corrected chi connectivity index (χ0v) is 26.5. The van der Waals surface area contributed by atoms with Crippen molar-refractivity contribution in [3.8, 4) is 0 Å². The highest BCUT2D eigenvalue weighted by Gasteiger charge is 2.29. The zero-order valence-electron chi connectivity index (χ0n) is 26.5. The van der Waals surface area contributed by atoms with Crippen LogP contribution in [0.15, 0.2) is 102 Å². The SMILES string of the molecule is C=C(C)C/C=C(/c1cccc(C(C)(F)F)c1)c1ccc(C(=O)N2CCC(c3nc4ccccc4n3CC3=C=C(F)C3)CC2)cc1C. The number of carbonyl (C=O) groups is 1. The van der Waals surface area contributed by atoms with Gasteiger partial charge in [0, 0.05) is 49.1 Å². The molecule has 0 unspecified atom stereocenters. The maximum absolute atomic E-state index is 14.2. The summed E-state index contributed by atoms with van der Waals surface area (Å²) in [5.41, 5.74) is 10.5. The van der Waals surface area contributed by atoms with Crippen molar-refractivity contribution in [1.29, 1.82) is 0 Å². The van der Waals surface area contributed by atoms with Crippen LogP contribution in [0.25, 0.3) is 16.6 Å². The highest BCUT2D eigenvalue weighted by Crippen LogP contribution is 2.35. The number of likely N-dealkylation sites (tertiary alicyclic amines) is 1. The standard InChI is InChI=1S/C39H38F3N3O/c1-25(2)12-14-34(29-8-7-9-31(23-29)39(4,41)42)33-15-13-30(20-26(33)3)38(46)44-18-16-28(17-19-44)37-43-35-10-5-6-11-36(35)45(37)24-27-21-32(40)22-27/h5-11,13-15,20,23,28H,1,12,16-19,21,24H2,2-4H3/b34-14-. The van der Waals surface area contributed by atoms with Crippen LogP contribution in [-0.2, 0) is 12.5 Å². The fourth-order valence-electron chi connectivity index (χ4n) is 6.46. The second kappa shape index (κ2) is 12.6. The number of imidazole rings is 1. The average Bonchev–Trinajstić information content (AvgIpc) is 3.38. The average molecular weight is 622 g/mol. The number of hydrogen-bond acceptors (Lipinski definition) is 2. The topological polar surface area (TPSA) is 38.1 Å². The minimum atomic E-state index is -2.95. The van der Waals surface area contributed by atoms with E-state index in [2.05, 4.69) is 16.9 Å². The van der Waals surface area contributed by atoms with Gasteiger partial charge in [-0.1, -0.05) is 60.4 Å². The van der Waals surface area contributed by atoms with Crippen LogP contribution in [0.5, 0.6) is 0 Å². The Bertz CT molecular complexity index is 1930. The van der Waals surface area contributed by atoms with Gasteiger partial charge in [0.1, 0.15) is 11.7 Å². The van der Waals surface area contributed by atoms with Gasteiger partial charge in [-0.3, -0.25) is 4.79 Å². The van der Waals surface area contributed by atoms with Gasteiger partial charge < -0.3 is 9.47 Å². The second-order valence-electron chi connectivity index (χ2n) is 12.7. The number of para-hydroxylation sites is 2. The summed E-state index contributed by atoms with van der Waals surface area (Å²) in [4.78, 5) is 20.6. The summed E-state index contributed by atoms with van der Waals surface area (Å²) in [6.45, 7) is 10.6. The van der Waals surface area contributed by atoms with Crippen LogP contribution in [0.4, 0.5) is 13.2 Å². The van der Waals surface area contributed by atoms with Crippen LogP contribution < -0.4 is 0 Å². The number of rotatable bonds is 9. The second-order valence-corrected chi connectivity index (χ2v) is 12.7. The fourth-order valence-corrected chi connectivity index (χ4v) is 6.46. The van der Waals surface area contributed by atoms with Gasteiger partial charge in [0.25, 0.3) is 11.8 Å². The molecule has 2 heterocycles. The van der Waals surface area contributed by atoms with E-state index < -0.39 is 5.92 Å². The summed E-state index contributed by atoms with van der Waals surface area (Å²) in [7, 11) is 0. The molecule has 0 N–H and O–H groups in total. The molecule has 236 valence electrons. The van der Waals surface area contributed by atoms with Gasteiger partial charge in [0.2, 0.25) is 0 Å². The Labute approximate surface area is 268 Å². The van der Waals surface area contributed by atoms with Crippen LogP contribution in [0.3, 0.4) is 0 Å². The number of benzene rings is 3. The molecule has 46 heavy (non-hydrogen) atoms. The van der Waals surface area contributed by atoms with E-state index >= 15 is 0 Å². The third kappa shape index (κ3) is 6.52. The third-order valence-corrected chi connectivity index (χ3v) is 8.96. The number of aryl methyl sites for hydroxylation is 1. The molecule has 4 aromatic rings. The number of amides is 1. The molecule has 0 radical (unpaired) electrons. The first-order valence-electron chi connectivity index (χ1n) is 15.8. The van der Waals surface area contributed by atoms with Gasteiger partial charge in [0.05, 0.1) is 17.6 Å². The van der Waals surface area contributed by atoms with Crippen LogP contribution in [0.1, 0.15) is 83.9 Å². The molecule has 0 saturated carbocycles. The van der Waals surface area contributed by atoms with Crippen molar-refractivity contribution >= 4 is 22.5 Å². The number of fused-ring (bicyclic) bond motifs is 1. The maximum Gasteiger partial charge on any atom is 0.270 e. The number of allylic oxidation sites excluding steroid dienone is 3. The van der Waals surface area contributed by atoms with Crippen LogP contribution >= 0.6 is 0 Å². The minimum Gasteiger partial charge on any atom is -0.339 e. The van der Waals surface area contributed by atoms with E-state index in [4.69, 9.17) is 4.98 Å². The zero-order chi connectivity index (χ0) is 32.6. The Kier molecular flexibility index (Phi) is 8.63. The lowest BCUT2D eigenvalue weighted by atomic mass is 9.90. The summed E-state index contributed by atoms with van der Waals surface area (Å²) in [5.74, 6) is -2.02. The van der Waals surface area contributed by atoms with Gasteiger partial charge in [0.15, 0.2) is 0 Å². The van der Waals surface area contributed by atoms with Crippen molar-refractivity contribution in [1.82, 2.24) is 14.5 Å². The Hall–Kier alpha value is -4.61. The first-order chi connectivity index (χ1) is 22.0. The molecule has 1 aliphatic carbocycles. The van der Waals surface area contributed by atoms with E-state index in [1.807, 2.05) is 73.4 Å². The van der Waals surface area contributed by atoms with Gasteiger partial charge in [-0.25, -0.2) is 18.2 Å². The van der Waals surface area contributed by atoms with Crippen LogP contribution in [0, 0.1) is 6.92 Å². The number of carbonyl (C=O) groups excluding carboxylic acids is 1. The van der Waals surface area contributed by atoms with E-state index in [1.54, 1.807) is 12.1 Å². The molecule has 2 aliphatic rings. The van der Waals surface area contributed by atoms with Crippen LogP contribution in [-0.4, -0.2) is 33.4 Å². The molecule has 1 saturated heterocycles. The van der Waals surface area contributed by atoms with E-state index in [0.29, 0.717) is 43.6 Å². The number of aromatic nitrogens is 2. The molecule has 7 heteroatoms. The summed E-state index contributed by atoms with van der Waals surface area (Å²) in [6, 6.07) is 20.1. The van der Waals surface area contributed by atoms with Crippen molar-refractivity contribution in [2.24, 2.45) is 0 Å². The quantitative estimate of drug-likeness (QED) is 0.138. The number of halogens is 3. The number of alkyl halides is 2. The van der Waals surface area contributed by atoms with Crippen molar-refractivity contribution in [3.63, 3.8) is 0 Å². The Morgan fingerprint density at radius 3 is 2.48 bits per heavy atom. The molecule has 0 bridgehead atoms. The normalized spacial score (nSPS) is 15.9. The third-order valence-electron chi connectivity index (χ3n) is 8.96. The Morgan fingerprint density at radius 2 is 1.80 bits per heavy atom. The monoisotopic (exact) mass is 621 g/mol. The lowest BCUT2D eigenvalue weighted by Crippen LogP contribution is -2.38. The Balaban J connectivity index is 1.20. The molecule has 3 aromatic carbocycles. The van der Waals surface area contributed by atoms with Crippen molar-refractivity contribution in [2.75, 3.05) is 13.1 Å². The van der Waals surface area contributed by atoms with E-state index in [0.717, 1.165) is 64.5 Å². The molecular weight excluding hydrogens is 583 g/mol. The van der Waals surface area contributed by atoms with Gasteiger partial charge in [-0.2, -0.15) is 0 Å². The molecule has 0 spiro atoms. The maximum atomic E-state index is 14.2. The number of piperidine rings is 1. The summed E-state index contributed by atoms with van der Waals surface area (Å²) < 4.78 is 44.0. The number of hydrogen-bond donors (Lipinski definition) is 0.